The fourth-order valence-electron chi connectivity index (χ4n) is 3.25. The lowest BCUT2D eigenvalue weighted by atomic mass is 10.1. The first kappa shape index (κ1) is 22.4. The standard InChI is InChI=1S/C20H25N5O6/c1-15-13-18(22-31-15)21-19(26)14-24(8-2-7-23-9-11-30-12-10-23)20(27)16-3-5-17(6-4-16)25(28)29/h3-6,13H,2,7-12,14H2,1H3,(H,21,22,26). The van der Waals surface area contributed by atoms with Crippen molar-refractivity contribution in [3.63, 3.8) is 0 Å². The van der Waals surface area contributed by atoms with Gasteiger partial charge in [-0.15, -0.1) is 0 Å². The maximum absolute atomic E-state index is 13.0. The highest BCUT2D eigenvalue weighted by Crippen LogP contribution is 2.14. The molecule has 1 aromatic heterocycles. The Labute approximate surface area is 179 Å². The number of rotatable bonds is 9. The average Bonchev–Trinajstić information content (AvgIpc) is 3.17. The minimum absolute atomic E-state index is 0.102. The number of hydrogen-bond acceptors (Lipinski definition) is 8. The Balaban J connectivity index is 1.65. The van der Waals surface area contributed by atoms with Crippen LogP contribution in [0, 0.1) is 17.0 Å². The number of aryl methyl sites for hydroxylation is 1. The summed E-state index contributed by atoms with van der Waals surface area (Å²) in [6.07, 6.45) is 0.676. The zero-order valence-electron chi connectivity index (χ0n) is 17.3. The molecular formula is C20H25N5O6. The lowest BCUT2D eigenvalue weighted by molar-refractivity contribution is -0.384. The van der Waals surface area contributed by atoms with Gasteiger partial charge in [0.05, 0.1) is 18.1 Å². The predicted octanol–water partition coefficient (Wildman–Crippen LogP) is 1.69. The molecule has 0 unspecified atom stereocenters. The number of anilines is 1. The van der Waals surface area contributed by atoms with E-state index in [0.717, 1.165) is 19.6 Å². The van der Waals surface area contributed by atoms with E-state index in [9.17, 15) is 19.7 Å². The number of nitro benzene ring substituents is 1. The Morgan fingerprint density at radius 1 is 1.26 bits per heavy atom. The zero-order valence-corrected chi connectivity index (χ0v) is 17.3. The van der Waals surface area contributed by atoms with Gasteiger partial charge in [-0.25, -0.2) is 0 Å². The predicted molar refractivity (Wildman–Crippen MR) is 111 cm³/mol. The number of amides is 2. The van der Waals surface area contributed by atoms with Crippen LogP contribution in [-0.4, -0.2) is 77.6 Å². The van der Waals surface area contributed by atoms with Gasteiger partial charge < -0.3 is 19.5 Å². The molecule has 2 heterocycles. The van der Waals surface area contributed by atoms with E-state index >= 15 is 0 Å². The molecule has 31 heavy (non-hydrogen) atoms. The Morgan fingerprint density at radius 2 is 1.97 bits per heavy atom. The SMILES string of the molecule is Cc1cc(NC(=O)CN(CCCN2CCOCC2)C(=O)c2ccc([N+](=O)[O-])cc2)no1. The van der Waals surface area contributed by atoms with Crippen LogP contribution < -0.4 is 5.32 Å². The number of nitrogens with one attached hydrogen (secondary N) is 1. The molecule has 0 aliphatic carbocycles. The smallest absolute Gasteiger partial charge is 0.269 e. The summed E-state index contributed by atoms with van der Waals surface area (Å²) in [5.74, 6) is 0.0523. The average molecular weight is 431 g/mol. The first-order valence-electron chi connectivity index (χ1n) is 9.99. The number of benzene rings is 1. The molecule has 1 N–H and O–H groups in total. The minimum Gasteiger partial charge on any atom is -0.379 e. The van der Waals surface area contributed by atoms with Gasteiger partial charge in [-0.1, -0.05) is 5.16 Å². The van der Waals surface area contributed by atoms with Crippen molar-refractivity contribution in [3.8, 4) is 0 Å². The Bertz CT molecular complexity index is 907. The molecule has 1 aliphatic rings. The Kier molecular flexibility index (Phi) is 7.68. The summed E-state index contributed by atoms with van der Waals surface area (Å²) in [6.45, 7) is 5.71. The number of carbonyl (C=O) groups is 2. The third-order valence-corrected chi connectivity index (χ3v) is 4.85. The molecule has 11 heteroatoms. The monoisotopic (exact) mass is 431 g/mol. The Hall–Kier alpha value is -3.31. The molecule has 11 nitrogen and oxygen atoms in total. The number of nitro groups is 1. The number of hydrogen-bond donors (Lipinski definition) is 1. The highest BCUT2D eigenvalue weighted by atomic mass is 16.6. The number of ether oxygens (including phenoxy) is 1. The van der Waals surface area contributed by atoms with Gasteiger partial charge in [0, 0.05) is 49.9 Å². The van der Waals surface area contributed by atoms with Crippen molar-refractivity contribution in [2.45, 2.75) is 13.3 Å². The van der Waals surface area contributed by atoms with E-state index in [1.165, 1.54) is 29.2 Å². The van der Waals surface area contributed by atoms with Crippen molar-refractivity contribution in [2.24, 2.45) is 0 Å². The van der Waals surface area contributed by atoms with E-state index in [1.54, 1.807) is 13.0 Å². The maximum Gasteiger partial charge on any atom is 0.269 e. The molecule has 0 bridgehead atoms. The largest absolute Gasteiger partial charge is 0.379 e. The van der Waals surface area contributed by atoms with Crippen molar-refractivity contribution in [1.82, 2.24) is 15.0 Å². The maximum atomic E-state index is 13.0. The fourth-order valence-corrected chi connectivity index (χ4v) is 3.25. The second-order valence-electron chi connectivity index (χ2n) is 7.21. The van der Waals surface area contributed by atoms with Gasteiger partial charge >= 0.3 is 0 Å². The first-order chi connectivity index (χ1) is 14.9. The number of non-ortho nitro benzene ring substituents is 1. The van der Waals surface area contributed by atoms with Crippen molar-refractivity contribution in [1.29, 1.82) is 0 Å². The molecule has 3 rings (SSSR count). The summed E-state index contributed by atoms with van der Waals surface area (Å²) in [5.41, 5.74) is 0.177. The van der Waals surface area contributed by atoms with Crippen molar-refractivity contribution in [3.05, 3.63) is 51.8 Å². The normalized spacial score (nSPS) is 14.2. The summed E-state index contributed by atoms with van der Waals surface area (Å²) in [4.78, 5) is 39.5. The zero-order chi connectivity index (χ0) is 22.2. The van der Waals surface area contributed by atoms with E-state index in [1.807, 2.05) is 0 Å². The molecule has 1 saturated heterocycles. The fraction of sp³-hybridized carbons (Fsp3) is 0.450. The van der Waals surface area contributed by atoms with Gasteiger partial charge in [-0.2, -0.15) is 0 Å². The van der Waals surface area contributed by atoms with E-state index < -0.39 is 10.8 Å². The molecule has 2 aromatic rings. The Morgan fingerprint density at radius 3 is 2.58 bits per heavy atom. The first-order valence-corrected chi connectivity index (χ1v) is 9.99. The van der Waals surface area contributed by atoms with Crippen LogP contribution in [0.25, 0.3) is 0 Å². The van der Waals surface area contributed by atoms with E-state index in [4.69, 9.17) is 9.26 Å². The summed E-state index contributed by atoms with van der Waals surface area (Å²) < 4.78 is 10.3. The third-order valence-electron chi connectivity index (χ3n) is 4.85. The van der Waals surface area contributed by atoms with E-state index in [2.05, 4.69) is 15.4 Å². The lowest BCUT2D eigenvalue weighted by Crippen LogP contribution is -2.41. The van der Waals surface area contributed by atoms with Gasteiger partial charge in [0.2, 0.25) is 5.91 Å². The highest BCUT2D eigenvalue weighted by molar-refractivity contribution is 5.99. The summed E-state index contributed by atoms with van der Waals surface area (Å²) >= 11 is 0. The lowest BCUT2D eigenvalue weighted by Gasteiger charge is -2.28. The summed E-state index contributed by atoms with van der Waals surface area (Å²) in [5, 5.41) is 17.2. The molecule has 0 saturated carbocycles. The van der Waals surface area contributed by atoms with Crippen LogP contribution in [0.15, 0.2) is 34.9 Å². The van der Waals surface area contributed by atoms with Crippen LogP contribution in [0.2, 0.25) is 0 Å². The minimum atomic E-state index is -0.526. The van der Waals surface area contributed by atoms with Crippen LogP contribution >= 0.6 is 0 Å². The molecule has 1 fully saturated rings. The molecule has 1 aliphatic heterocycles. The topological polar surface area (TPSA) is 131 Å². The number of carbonyl (C=O) groups excluding carboxylic acids is 2. The van der Waals surface area contributed by atoms with Crippen LogP contribution in [0.3, 0.4) is 0 Å². The molecular weight excluding hydrogens is 406 g/mol. The number of nitrogens with zero attached hydrogens (tertiary/aromatic N) is 4. The van der Waals surface area contributed by atoms with Crippen LogP contribution in [0.4, 0.5) is 11.5 Å². The van der Waals surface area contributed by atoms with Crippen LogP contribution in [0.1, 0.15) is 22.5 Å². The third kappa shape index (κ3) is 6.59. The van der Waals surface area contributed by atoms with Crippen molar-refractivity contribution in [2.75, 3.05) is 51.3 Å². The molecule has 1 aromatic carbocycles. The van der Waals surface area contributed by atoms with Crippen molar-refractivity contribution >= 4 is 23.3 Å². The van der Waals surface area contributed by atoms with Gasteiger partial charge in [0.15, 0.2) is 5.82 Å². The second-order valence-corrected chi connectivity index (χ2v) is 7.21. The van der Waals surface area contributed by atoms with Crippen molar-refractivity contribution < 1.29 is 23.8 Å². The summed E-state index contributed by atoms with van der Waals surface area (Å²) in [7, 11) is 0. The van der Waals surface area contributed by atoms with E-state index in [0.29, 0.717) is 31.9 Å². The molecule has 166 valence electrons. The molecule has 0 radical (unpaired) electrons. The highest BCUT2D eigenvalue weighted by Gasteiger charge is 2.21. The quantitative estimate of drug-likeness (QED) is 0.469. The molecule has 0 atom stereocenters. The van der Waals surface area contributed by atoms with Crippen LogP contribution in [0.5, 0.6) is 0 Å². The van der Waals surface area contributed by atoms with Gasteiger partial charge in [-0.3, -0.25) is 24.6 Å². The van der Waals surface area contributed by atoms with Gasteiger partial charge in [0.1, 0.15) is 12.3 Å². The number of morpholine rings is 1. The van der Waals surface area contributed by atoms with Crippen LogP contribution in [-0.2, 0) is 9.53 Å². The molecule has 2 amide bonds. The van der Waals surface area contributed by atoms with E-state index in [-0.39, 0.29) is 29.5 Å². The number of aromatic nitrogens is 1. The van der Waals surface area contributed by atoms with Gasteiger partial charge in [-0.05, 0) is 25.5 Å². The van der Waals surface area contributed by atoms with Gasteiger partial charge in [0.25, 0.3) is 11.6 Å². The molecule has 0 spiro atoms. The summed E-state index contributed by atoms with van der Waals surface area (Å²) in [6, 6.07) is 6.93. The second kappa shape index (κ2) is 10.6.